The lowest BCUT2D eigenvalue weighted by atomic mass is 9.78. The van der Waals surface area contributed by atoms with E-state index in [-0.39, 0.29) is 5.56 Å². The van der Waals surface area contributed by atoms with Gasteiger partial charge in [0.25, 0.3) is 0 Å². The standard InChI is InChI=1S/C15H23NO3/c1-4-15(3)5-7-16(8-6-15)10-12-9-13(14(17)18)11(2)19-12/h9H,4-8,10H2,1-3H3,(H,17,18). The van der Waals surface area contributed by atoms with Crippen molar-refractivity contribution < 1.29 is 14.3 Å². The largest absolute Gasteiger partial charge is 0.478 e. The van der Waals surface area contributed by atoms with Gasteiger partial charge in [-0.2, -0.15) is 0 Å². The Labute approximate surface area is 114 Å². The van der Waals surface area contributed by atoms with Crippen molar-refractivity contribution in [1.82, 2.24) is 4.90 Å². The highest BCUT2D eigenvalue weighted by atomic mass is 16.4. The van der Waals surface area contributed by atoms with Crippen molar-refractivity contribution in [3.8, 4) is 0 Å². The average Bonchev–Trinajstić information content (AvgIpc) is 2.74. The monoisotopic (exact) mass is 265 g/mol. The molecule has 0 amide bonds. The van der Waals surface area contributed by atoms with E-state index in [1.165, 1.54) is 19.3 Å². The van der Waals surface area contributed by atoms with Crippen molar-refractivity contribution in [3.63, 3.8) is 0 Å². The molecule has 1 aliphatic heterocycles. The molecule has 2 rings (SSSR count). The van der Waals surface area contributed by atoms with Crippen molar-refractivity contribution in [2.24, 2.45) is 5.41 Å². The Morgan fingerprint density at radius 3 is 2.58 bits per heavy atom. The van der Waals surface area contributed by atoms with E-state index in [1.54, 1.807) is 13.0 Å². The van der Waals surface area contributed by atoms with Gasteiger partial charge in [0.05, 0.1) is 6.54 Å². The molecule has 19 heavy (non-hydrogen) atoms. The number of piperidine rings is 1. The number of carbonyl (C=O) groups is 1. The first-order valence-corrected chi connectivity index (χ1v) is 6.98. The third-order valence-corrected chi connectivity index (χ3v) is 4.50. The van der Waals surface area contributed by atoms with Crippen molar-refractivity contribution in [2.75, 3.05) is 13.1 Å². The topological polar surface area (TPSA) is 53.7 Å². The van der Waals surface area contributed by atoms with Crippen LogP contribution in [-0.2, 0) is 6.54 Å². The molecule has 1 N–H and O–H groups in total. The number of carboxylic acid groups (broad SMARTS) is 1. The number of nitrogens with zero attached hydrogens (tertiary/aromatic N) is 1. The van der Waals surface area contributed by atoms with Gasteiger partial charge in [0.15, 0.2) is 0 Å². The zero-order chi connectivity index (χ0) is 14.0. The Bertz CT molecular complexity index is 456. The highest BCUT2D eigenvalue weighted by molar-refractivity contribution is 5.88. The third-order valence-electron chi connectivity index (χ3n) is 4.50. The van der Waals surface area contributed by atoms with Crippen LogP contribution in [0.4, 0.5) is 0 Å². The number of hydrogen-bond acceptors (Lipinski definition) is 3. The molecule has 1 saturated heterocycles. The van der Waals surface area contributed by atoms with Gasteiger partial charge in [-0.15, -0.1) is 0 Å². The van der Waals surface area contributed by atoms with Crippen LogP contribution >= 0.6 is 0 Å². The summed E-state index contributed by atoms with van der Waals surface area (Å²) in [5.41, 5.74) is 0.757. The zero-order valence-electron chi connectivity index (χ0n) is 12.0. The van der Waals surface area contributed by atoms with E-state index >= 15 is 0 Å². The summed E-state index contributed by atoms with van der Waals surface area (Å²) in [6, 6.07) is 1.66. The molecule has 1 fully saturated rings. The average molecular weight is 265 g/mol. The highest BCUT2D eigenvalue weighted by Crippen LogP contribution is 2.34. The fourth-order valence-corrected chi connectivity index (χ4v) is 2.66. The summed E-state index contributed by atoms with van der Waals surface area (Å²) in [5, 5.41) is 9.01. The summed E-state index contributed by atoms with van der Waals surface area (Å²) < 4.78 is 5.53. The Morgan fingerprint density at radius 2 is 2.11 bits per heavy atom. The molecular weight excluding hydrogens is 242 g/mol. The molecule has 0 aromatic carbocycles. The predicted octanol–water partition coefficient (Wildman–Crippen LogP) is 3.30. The molecule has 2 heterocycles. The highest BCUT2D eigenvalue weighted by Gasteiger charge is 2.28. The van der Waals surface area contributed by atoms with E-state index in [0.29, 0.717) is 17.7 Å². The second-order valence-electron chi connectivity index (χ2n) is 5.93. The summed E-state index contributed by atoms with van der Waals surface area (Å²) in [4.78, 5) is 13.3. The number of aryl methyl sites for hydroxylation is 1. The molecule has 0 unspecified atom stereocenters. The third kappa shape index (κ3) is 3.18. The van der Waals surface area contributed by atoms with Gasteiger partial charge in [-0.05, 0) is 44.3 Å². The Morgan fingerprint density at radius 1 is 1.47 bits per heavy atom. The fraction of sp³-hybridized carbons (Fsp3) is 0.667. The molecular formula is C15H23NO3. The SMILES string of the molecule is CCC1(C)CCN(Cc2cc(C(=O)O)c(C)o2)CC1. The van der Waals surface area contributed by atoms with Crippen LogP contribution in [0.3, 0.4) is 0 Å². The molecule has 0 aliphatic carbocycles. The van der Waals surface area contributed by atoms with Gasteiger partial charge in [-0.25, -0.2) is 4.79 Å². The maximum atomic E-state index is 11.0. The van der Waals surface area contributed by atoms with E-state index < -0.39 is 5.97 Å². The first kappa shape index (κ1) is 14.1. The normalized spacial score (nSPS) is 19.5. The van der Waals surface area contributed by atoms with Gasteiger partial charge >= 0.3 is 5.97 Å². The fourth-order valence-electron chi connectivity index (χ4n) is 2.66. The van der Waals surface area contributed by atoms with Gasteiger partial charge in [-0.3, -0.25) is 4.90 Å². The lowest BCUT2D eigenvalue weighted by Gasteiger charge is -2.38. The minimum absolute atomic E-state index is 0.283. The van der Waals surface area contributed by atoms with E-state index in [9.17, 15) is 4.79 Å². The van der Waals surface area contributed by atoms with Gasteiger partial charge in [-0.1, -0.05) is 20.3 Å². The van der Waals surface area contributed by atoms with Crippen LogP contribution in [0.2, 0.25) is 0 Å². The maximum absolute atomic E-state index is 11.0. The molecule has 4 nitrogen and oxygen atoms in total. The molecule has 106 valence electrons. The molecule has 0 radical (unpaired) electrons. The summed E-state index contributed by atoms with van der Waals surface area (Å²) in [7, 11) is 0. The van der Waals surface area contributed by atoms with Crippen molar-refractivity contribution in [1.29, 1.82) is 0 Å². The Balaban J connectivity index is 1.96. The lowest BCUT2D eigenvalue weighted by molar-refractivity contribution is 0.0695. The second-order valence-corrected chi connectivity index (χ2v) is 5.93. The van der Waals surface area contributed by atoms with E-state index in [4.69, 9.17) is 9.52 Å². The summed E-state index contributed by atoms with van der Waals surface area (Å²) >= 11 is 0. The number of carboxylic acids is 1. The van der Waals surface area contributed by atoms with Crippen LogP contribution in [0.25, 0.3) is 0 Å². The molecule has 0 atom stereocenters. The maximum Gasteiger partial charge on any atom is 0.339 e. The molecule has 0 saturated carbocycles. The lowest BCUT2D eigenvalue weighted by Crippen LogP contribution is -2.37. The quantitative estimate of drug-likeness (QED) is 0.907. The van der Waals surface area contributed by atoms with E-state index in [2.05, 4.69) is 18.7 Å². The van der Waals surface area contributed by atoms with Gasteiger partial charge in [0.1, 0.15) is 17.1 Å². The first-order valence-electron chi connectivity index (χ1n) is 6.98. The Kier molecular flexibility index (Phi) is 3.99. The van der Waals surface area contributed by atoms with Crippen LogP contribution in [0, 0.1) is 12.3 Å². The summed E-state index contributed by atoms with van der Waals surface area (Å²) in [6.07, 6.45) is 3.63. The minimum Gasteiger partial charge on any atom is -0.478 e. The minimum atomic E-state index is -0.912. The van der Waals surface area contributed by atoms with Crippen LogP contribution in [0.1, 0.15) is 55.0 Å². The number of furan rings is 1. The van der Waals surface area contributed by atoms with Crippen molar-refractivity contribution >= 4 is 5.97 Å². The summed E-state index contributed by atoms with van der Waals surface area (Å²) in [6.45, 7) is 9.15. The molecule has 1 aliphatic rings. The number of likely N-dealkylation sites (tertiary alicyclic amines) is 1. The van der Waals surface area contributed by atoms with Crippen LogP contribution in [0.5, 0.6) is 0 Å². The molecule has 0 spiro atoms. The number of rotatable bonds is 4. The zero-order valence-corrected chi connectivity index (χ0v) is 12.0. The van der Waals surface area contributed by atoms with Gasteiger partial charge in [0.2, 0.25) is 0 Å². The van der Waals surface area contributed by atoms with Crippen molar-refractivity contribution in [3.05, 3.63) is 23.2 Å². The molecule has 0 bridgehead atoms. The van der Waals surface area contributed by atoms with Crippen LogP contribution < -0.4 is 0 Å². The molecule has 1 aromatic heterocycles. The molecule has 4 heteroatoms. The van der Waals surface area contributed by atoms with Gasteiger partial charge in [0, 0.05) is 0 Å². The smallest absolute Gasteiger partial charge is 0.339 e. The van der Waals surface area contributed by atoms with E-state index in [1.807, 2.05) is 0 Å². The van der Waals surface area contributed by atoms with Crippen molar-refractivity contribution in [2.45, 2.75) is 46.6 Å². The Hall–Kier alpha value is -1.29. The van der Waals surface area contributed by atoms with Crippen LogP contribution in [0.15, 0.2) is 10.5 Å². The number of hydrogen-bond donors (Lipinski definition) is 1. The second kappa shape index (κ2) is 5.37. The van der Waals surface area contributed by atoms with Gasteiger partial charge < -0.3 is 9.52 Å². The molecule has 1 aromatic rings. The first-order chi connectivity index (χ1) is 8.93. The number of aromatic carboxylic acids is 1. The predicted molar refractivity (Wildman–Crippen MR) is 73.3 cm³/mol. The van der Waals surface area contributed by atoms with E-state index in [0.717, 1.165) is 18.8 Å². The van der Waals surface area contributed by atoms with Crippen LogP contribution in [-0.4, -0.2) is 29.1 Å². The summed E-state index contributed by atoms with van der Waals surface area (Å²) in [5.74, 6) is 0.345.